The van der Waals surface area contributed by atoms with E-state index >= 15 is 0 Å². The maximum Gasteiger partial charge on any atom is 0.180 e. The highest BCUT2D eigenvalue weighted by molar-refractivity contribution is 7.98. The molecule has 1 aliphatic carbocycles. The van der Waals surface area contributed by atoms with Crippen LogP contribution in [-0.4, -0.2) is 11.5 Å². The van der Waals surface area contributed by atoms with E-state index in [-0.39, 0.29) is 5.92 Å². The van der Waals surface area contributed by atoms with Crippen LogP contribution < -0.4 is 0 Å². The first-order chi connectivity index (χ1) is 10.3. The van der Waals surface area contributed by atoms with Gasteiger partial charge in [0.25, 0.3) is 0 Å². The smallest absolute Gasteiger partial charge is 0.180 e. The predicted octanol–water partition coefficient (Wildman–Crippen LogP) is 4.84. The van der Waals surface area contributed by atoms with E-state index in [0.29, 0.717) is 5.78 Å². The summed E-state index contributed by atoms with van der Waals surface area (Å²) in [7, 11) is 0. The summed E-state index contributed by atoms with van der Waals surface area (Å²) in [5.74, 6) is 2.72. The Balaban J connectivity index is 1.68. The maximum atomic E-state index is 13.0. The number of thiophene rings is 1. The van der Waals surface area contributed by atoms with Crippen molar-refractivity contribution in [2.24, 2.45) is 0 Å². The van der Waals surface area contributed by atoms with Gasteiger partial charge in [-0.2, -0.15) is 11.8 Å². The van der Waals surface area contributed by atoms with Crippen molar-refractivity contribution in [1.29, 1.82) is 0 Å². The lowest BCUT2D eigenvalue weighted by Crippen LogP contribution is -2.17. The fourth-order valence-electron chi connectivity index (χ4n) is 3.47. The molecule has 4 rings (SSSR count). The zero-order valence-electron chi connectivity index (χ0n) is 11.9. The monoisotopic (exact) mass is 314 g/mol. The third-order valence-corrected chi connectivity index (χ3v) is 6.82. The molecule has 108 valence electrons. The van der Waals surface area contributed by atoms with E-state index in [2.05, 4.69) is 30.3 Å². The summed E-state index contributed by atoms with van der Waals surface area (Å²) < 4.78 is 0. The summed E-state index contributed by atoms with van der Waals surface area (Å²) in [6.07, 6.45) is 4.40. The lowest BCUT2D eigenvalue weighted by molar-refractivity contribution is 0.0955. The zero-order valence-corrected chi connectivity index (χ0v) is 13.6. The number of fused-ring (bicyclic) bond motifs is 2. The number of Topliss-reactive ketones (excluding diaryl/α,β-unsaturated/α-hetero) is 1. The first-order valence-electron chi connectivity index (χ1n) is 7.64. The van der Waals surface area contributed by atoms with Crippen molar-refractivity contribution in [3.8, 4) is 0 Å². The highest BCUT2D eigenvalue weighted by Gasteiger charge is 2.29. The van der Waals surface area contributed by atoms with Crippen molar-refractivity contribution in [3.63, 3.8) is 0 Å². The Kier molecular flexibility index (Phi) is 3.64. The van der Waals surface area contributed by atoms with Gasteiger partial charge in [-0.25, -0.2) is 0 Å². The lowest BCUT2D eigenvalue weighted by Gasteiger charge is -2.23. The third-order valence-electron chi connectivity index (χ3n) is 4.56. The molecule has 0 spiro atoms. The van der Waals surface area contributed by atoms with Crippen LogP contribution in [0.2, 0.25) is 0 Å². The highest BCUT2D eigenvalue weighted by atomic mass is 32.2. The Morgan fingerprint density at radius 1 is 1.14 bits per heavy atom. The molecule has 0 amide bonds. The van der Waals surface area contributed by atoms with E-state index in [1.165, 1.54) is 27.3 Å². The second kappa shape index (κ2) is 5.62. The van der Waals surface area contributed by atoms with E-state index in [1.807, 2.05) is 11.8 Å². The molecule has 2 aliphatic rings. The van der Waals surface area contributed by atoms with E-state index in [9.17, 15) is 4.79 Å². The summed E-state index contributed by atoms with van der Waals surface area (Å²) >= 11 is 3.73. The van der Waals surface area contributed by atoms with Crippen LogP contribution in [0.4, 0.5) is 0 Å². The van der Waals surface area contributed by atoms with Crippen molar-refractivity contribution in [2.45, 2.75) is 37.4 Å². The molecule has 21 heavy (non-hydrogen) atoms. The zero-order chi connectivity index (χ0) is 14.2. The largest absolute Gasteiger partial charge is 0.293 e. The molecule has 0 bridgehead atoms. The maximum absolute atomic E-state index is 13.0. The molecule has 3 heteroatoms. The molecule has 0 saturated heterocycles. The van der Waals surface area contributed by atoms with Gasteiger partial charge in [0.2, 0.25) is 0 Å². The fraction of sp³-hybridized carbons (Fsp3) is 0.389. The topological polar surface area (TPSA) is 17.1 Å². The van der Waals surface area contributed by atoms with E-state index in [1.54, 1.807) is 11.3 Å². The van der Waals surface area contributed by atoms with Crippen molar-refractivity contribution in [3.05, 3.63) is 56.8 Å². The lowest BCUT2D eigenvalue weighted by atomic mass is 9.80. The van der Waals surface area contributed by atoms with Gasteiger partial charge in [-0.05, 0) is 54.2 Å². The minimum atomic E-state index is 0.0858. The molecular formula is C18H18OS2. The van der Waals surface area contributed by atoms with Gasteiger partial charge in [0.05, 0.1) is 4.88 Å². The minimum Gasteiger partial charge on any atom is -0.293 e. The summed E-state index contributed by atoms with van der Waals surface area (Å²) in [4.78, 5) is 15.4. The molecule has 0 radical (unpaired) electrons. The van der Waals surface area contributed by atoms with Gasteiger partial charge >= 0.3 is 0 Å². The third kappa shape index (κ3) is 2.47. The number of hydrogen-bond donors (Lipinski definition) is 0. The Hall–Kier alpha value is -1.06. The SMILES string of the molecule is O=C(c1cc2c(s1)CCSC2)C1CCCc2ccccc21. The molecule has 0 fully saturated rings. The molecule has 0 N–H and O–H groups in total. The van der Waals surface area contributed by atoms with Crippen LogP contribution in [0.25, 0.3) is 0 Å². The fourth-order valence-corrected chi connectivity index (χ4v) is 5.83. The predicted molar refractivity (Wildman–Crippen MR) is 90.6 cm³/mol. The number of hydrogen-bond acceptors (Lipinski definition) is 3. The first-order valence-corrected chi connectivity index (χ1v) is 9.61. The molecule has 0 saturated carbocycles. The normalized spacial score (nSPS) is 20.7. The molecule has 1 atom stereocenters. The molecule has 1 aromatic carbocycles. The number of rotatable bonds is 2. The van der Waals surface area contributed by atoms with Crippen LogP contribution >= 0.6 is 23.1 Å². The molecule has 1 unspecified atom stereocenters. The number of carbonyl (C=O) groups excluding carboxylic acids is 1. The Morgan fingerprint density at radius 3 is 2.95 bits per heavy atom. The number of thioether (sulfide) groups is 1. The van der Waals surface area contributed by atoms with Crippen LogP contribution in [0, 0.1) is 0 Å². The Morgan fingerprint density at radius 2 is 2.05 bits per heavy atom. The van der Waals surface area contributed by atoms with Crippen LogP contribution in [0.3, 0.4) is 0 Å². The summed E-state index contributed by atoms with van der Waals surface area (Å²) in [5, 5.41) is 0. The second-order valence-electron chi connectivity index (χ2n) is 5.87. The van der Waals surface area contributed by atoms with Crippen LogP contribution in [0.5, 0.6) is 0 Å². The van der Waals surface area contributed by atoms with Crippen LogP contribution in [-0.2, 0) is 18.6 Å². The molecule has 1 nitrogen and oxygen atoms in total. The number of aryl methyl sites for hydroxylation is 2. The van der Waals surface area contributed by atoms with Crippen molar-refractivity contribution < 1.29 is 4.79 Å². The van der Waals surface area contributed by atoms with Gasteiger partial charge in [0.15, 0.2) is 5.78 Å². The van der Waals surface area contributed by atoms with Crippen LogP contribution in [0.15, 0.2) is 30.3 Å². The molecular weight excluding hydrogens is 296 g/mol. The summed E-state index contributed by atoms with van der Waals surface area (Å²) in [6, 6.07) is 10.7. The minimum absolute atomic E-state index is 0.0858. The standard InChI is InChI=1S/C18H18OS2/c19-18(17-10-13-11-20-9-8-16(13)21-17)15-7-3-5-12-4-1-2-6-14(12)15/h1-2,4,6,10,15H,3,5,7-9,11H2. The van der Waals surface area contributed by atoms with Gasteiger partial charge in [0, 0.05) is 16.5 Å². The average molecular weight is 314 g/mol. The van der Waals surface area contributed by atoms with Gasteiger partial charge < -0.3 is 0 Å². The quantitative estimate of drug-likeness (QED) is 0.738. The second-order valence-corrected chi connectivity index (χ2v) is 8.11. The molecule has 1 aromatic heterocycles. The molecule has 2 heterocycles. The van der Waals surface area contributed by atoms with Crippen molar-refractivity contribution >= 4 is 28.9 Å². The Bertz CT molecular complexity index is 663. The van der Waals surface area contributed by atoms with Gasteiger partial charge in [0.1, 0.15) is 0 Å². The highest BCUT2D eigenvalue weighted by Crippen LogP contribution is 2.38. The summed E-state index contributed by atoms with van der Waals surface area (Å²) in [6.45, 7) is 0. The number of benzene rings is 1. The number of ketones is 1. The van der Waals surface area contributed by atoms with Gasteiger partial charge in [-0.15, -0.1) is 11.3 Å². The first kappa shape index (κ1) is 13.6. The molecule has 2 aromatic rings. The Labute approximate surface area is 133 Å². The van der Waals surface area contributed by atoms with Crippen LogP contribution in [0.1, 0.15) is 50.0 Å². The van der Waals surface area contributed by atoms with Gasteiger partial charge in [-0.1, -0.05) is 24.3 Å². The van der Waals surface area contributed by atoms with E-state index in [0.717, 1.165) is 36.3 Å². The summed E-state index contributed by atoms with van der Waals surface area (Å²) in [5.41, 5.74) is 4.05. The van der Waals surface area contributed by atoms with E-state index in [4.69, 9.17) is 0 Å². The van der Waals surface area contributed by atoms with Crippen molar-refractivity contribution in [1.82, 2.24) is 0 Å². The molecule has 1 aliphatic heterocycles. The van der Waals surface area contributed by atoms with Crippen molar-refractivity contribution in [2.75, 3.05) is 5.75 Å². The number of carbonyl (C=O) groups is 1. The average Bonchev–Trinajstić information content (AvgIpc) is 2.97. The van der Waals surface area contributed by atoms with Gasteiger partial charge in [-0.3, -0.25) is 4.79 Å². The van der Waals surface area contributed by atoms with E-state index < -0.39 is 0 Å².